The number of hydrogen-bond acceptors (Lipinski definition) is 2. The van der Waals surface area contributed by atoms with Crippen LogP contribution in [0.5, 0.6) is 11.5 Å². The Morgan fingerprint density at radius 1 is 0.864 bits per heavy atom. The smallest absolute Gasteiger partial charge is 0.134 e. The van der Waals surface area contributed by atoms with Gasteiger partial charge >= 0.3 is 0 Å². The molecule has 0 amide bonds. The van der Waals surface area contributed by atoms with Gasteiger partial charge in [-0.2, -0.15) is 0 Å². The fourth-order valence-corrected chi connectivity index (χ4v) is 2.56. The number of rotatable bonds is 6. The Morgan fingerprint density at radius 3 is 1.82 bits per heavy atom. The van der Waals surface area contributed by atoms with E-state index in [0.717, 1.165) is 30.0 Å². The molecule has 2 N–H and O–H groups in total. The summed E-state index contributed by atoms with van der Waals surface area (Å²) < 4.78 is 6.29. The molecular formula is C20H27NO. The van der Waals surface area contributed by atoms with Crippen molar-refractivity contribution >= 4 is 5.69 Å². The number of nitrogen functional groups attached to an aromatic ring is 1. The van der Waals surface area contributed by atoms with E-state index in [2.05, 4.69) is 45.9 Å². The lowest BCUT2D eigenvalue weighted by Gasteiger charge is -2.22. The summed E-state index contributed by atoms with van der Waals surface area (Å²) in [6, 6.07) is 14.2. The largest absolute Gasteiger partial charge is 0.457 e. The fraction of sp³-hybridized carbons (Fsp3) is 0.400. The van der Waals surface area contributed by atoms with Gasteiger partial charge in [-0.05, 0) is 60.1 Å². The Hall–Kier alpha value is -1.96. The van der Waals surface area contributed by atoms with Gasteiger partial charge in [0.25, 0.3) is 0 Å². The summed E-state index contributed by atoms with van der Waals surface area (Å²) >= 11 is 0. The summed E-state index contributed by atoms with van der Waals surface area (Å²) in [6.07, 6.45) is 2.20. The predicted molar refractivity (Wildman–Crippen MR) is 94.8 cm³/mol. The minimum absolute atomic E-state index is 0.479. The molecule has 0 spiro atoms. The van der Waals surface area contributed by atoms with Gasteiger partial charge in [-0.3, -0.25) is 0 Å². The molecular weight excluding hydrogens is 270 g/mol. The molecule has 0 aliphatic heterocycles. The first-order valence-electron chi connectivity index (χ1n) is 8.23. The van der Waals surface area contributed by atoms with Crippen molar-refractivity contribution in [1.82, 2.24) is 0 Å². The van der Waals surface area contributed by atoms with Crippen molar-refractivity contribution in [3.8, 4) is 11.5 Å². The number of para-hydroxylation sites is 1. The summed E-state index contributed by atoms with van der Waals surface area (Å²) in [5, 5.41) is 0. The molecule has 0 aliphatic rings. The topological polar surface area (TPSA) is 35.2 Å². The number of nitrogens with two attached hydrogens (primary N) is 1. The minimum atomic E-state index is 0.479. The Bertz CT molecular complexity index is 575. The second-order valence-corrected chi connectivity index (χ2v) is 6.06. The van der Waals surface area contributed by atoms with Gasteiger partial charge in [0.05, 0.1) is 0 Å². The third-order valence-corrected chi connectivity index (χ3v) is 4.46. The van der Waals surface area contributed by atoms with Gasteiger partial charge in [0.2, 0.25) is 0 Å². The van der Waals surface area contributed by atoms with Crippen LogP contribution in [0.2, 0.25) is 0 Å². The highest BCUT2D eigenvalue weighted by Gasteiger charge is 2.18. The zero-order valence-electron chi connectivity index (χ0n) is 14.1. The van der Waals surface area contributed by atoms with Gasteiger partial charge in [-0.15, -0.1) is 0 Å². The highest BCUT2D eigenvalue weighted by molar-refractivity contribution is 5.49. The van der Waals surface area contributed by atoms with E-state index >= 15 is 0 Å². The standard InChI is InChI=1S/C20H27NO/c1-5-14(3)18-8-7-9-19(15(4)6-2)20(18)22-17-12-10-16(21)11-13-17/h7-15H,5-6,21H2,1-4H3. The van der Waals surface area contributed by atoms with E-state index in [9.17, 15) is 0 Å². The number of hydrogen-bond donors (Lipinski definition) is 1. The van der Waals surface area contributed by atoms with Crippen LogP contribution in [0.4, 0.5) is 5.69 Å². The van der Waals surface area contributed by atoms with Crippen LogP contribution in [0.1, 0.15) is 63.5 Å². The van der Waals surface area contributed by atoms with E-state index in [0.29, 0.717) is 11.8 Å². The molecule has 2 atom stereocenters. The van der Waals surface area contributed by atoms with Crippen LogP contribution in [-0.2, 0) is 0 Å². The first kappa shape index (κ1) is 16.4. The van der Waals surface area contributed by atoms with Crippen molar-refractivity contribution in [1.29, 1.82) is 0 Å². The number of benzene rings is 2. The predicted octanol–water partition coefficient (Wildman–Crippen LogP) is 6.09. The normalized spacial score (nSPS) is 13.6. The summed E-state index contributed by atoms with van der Waals surface area (Å²) in [4.78, 5) is 0. The molecule has 0 aliphatic carbocycles. The third kappa shape index (κ3) is 3.62. The molecule has 2 nitrogen and oxygen atoms in total. The third-order valence-electron chi connectivity index (χ3n) is 4.46. The molecule has 2 aromatic rings. The quantitative estimate of drug-likeness (QED) is 0.655. The van der Waals surface area contributed by atoms with Crippen molar-refractivity contribution in [2.24, 2.45) is 0 Å². The first-order chi connectivity index (χ1) is 10.6. The van der Waals surface area contributed by atoms with E-state index in [1.54, 1.807) is 0 Å². The van der Waals surface area contributed by atoms with Gasteiger partial charge in [-0.1, -0.05) is 45.9 Å². The lowest BCUT2D eigenvalue weighted by atomic mass is 9.90. The molecule has 118 valence electrons. The molecule has 2 unspecified atom stereocenters. The van der Waals surface area contributed by atoms with Crippen molar-refractivity contribution in [3.05, 3.63) is 53.6 Å². The van der Waals surface area contributed by atoms with Crippen molar-refractivity contribution in [2.45, 2.75) is 52.4 Å². The molecule has 22 heavy (non-hydrogen) atoms. The van der Waals surface area contributed by atoms with Crippen LogP contribution < -0.4 is 10.5 Å². The highest BCUT2D eigenvalue weighted by Crippen LogP contribution is 2.39. The van der Waals surface area contributed by atoms with Crippen LogP contribution in [0.25, 0.3) is 0 Å². The molecule has 2 rings (SSSR count). The van der Waals surface area contributed by atoms with Gasteiger partial charge in [-0.25, -0.2) is 0 Å². The number of ether oxygens (including phenoxy) is 1. The van der Waals surface area contributed by atoms with Crippen LogP contribution in [0.3, 0.4) is 0 Å². The van der Waals surface area contributed by atoms with Gasteiger partial charge < -0.3 is 10.5 Å². The summed E-state index contributed by atoms with van der Waals surface area (Å²) in [6.45, 7) is 8.94. The van der Waals surface area contributed by atoms with E-state index in [4.69, 9.17) is 10.5 Å². The highest BCUT2D eigenvalue weighted by atomic mass is 16.5. The molecule has 2 aromatic carbocycles. The summed E-state index contributed by atoms with van der Waals surface area (Å²) in [7, 11) is 0. The molecule has 0 bridgehead atoms. The van der Waals surface area contributed by atoms with Gasteiger partial charge in [0, 0.05) is 5.69 Å². The Balaban J connectivity index is 2.46. The maximum atomic E-state index is 6.29. The van der Waals surface area contributed by atoms with Gasteiger partial charge in [0.15, 0.2) is 0 Å². The average Bonchev–Trinajstić information content (AvgIpc) is 2.55. The second-order valence-electron chi connectivity index (χ2n) is 6.06. The zero-order chi connectivity index (χ0) is 16.1. The molecule has 0 fully saturated rings. The van der Waals surface area contributed by atoms with Crippen molar-refractivity contribution < 1.29 is 4.74 Å². The van der Waals surface area contributed by atoms with E-state index in [1.165, 1.54) is 11.1 Å². The van der Waals surface area contributed by atoms with Crippen LogP contribution in [0, 0.1) is 0 Å². The average molecular weight is 297 g/mol. The van der Waals surface area contributed by atoms with Crippen LogP contribution in [0.15, 0.2) is 42.5 Å². The minimum Gasteiger partial charge on any atom is -0.457 e. The van der Waals surface area contributed by atoms with E-state index in [1.807, 2.05) is 24.3 Å². The molecule has 0 saturated heterocycles. The van der Waals surface area contributed by atoms with Crippen LogP contribution >= 0.6 is 0 Å². The van der Waals surface area contributed by atoms with Crippen molar-refractivity contribution in [2.75, 3.05) is 5.73 Å². The maximum Gasteiger partial charge on any atom is 0.134 e. The molecule has 0 heterocycles. The zero-order valence-corrected chi connectivity index (χ0v) is 14.1. The molecule has 0 aromatic heterocycles. The molecule has 2 heteroatoms. The SMILES string of the molecule is CCC(C)c1cccc(C(C)CC)c1Oc1ccc(N)cc1. The Labute approximate surface area is 134 Å². The van der Waals surface area contributed by atoms with Gasteiger partial charge in [0.1, 0.15) is 11.5 Å². The number of anilines is 1. The summed E-state index contributed by atoms with van der Waals surface area (Å²) in [5.41, 5.74) is 9.10. The molecule has 0 radical (unpaired) electrons. The second kappa shape index (κ2) is 7.35. The molecule has 0 saturated carbocycles. The lowest BCUT2D eigenvalue weighted by Crippen LogP contribution is -2.02. The van der Waals surface area contributed by atoms with Crippen molar-refractivity contribution in [3.63, 3.8) is 0 Å². The fourth-order valence-electron chi connectivity index (χ4n) is 2.56. The van der Waals surface area contributed by atoms with Crippen LogP contribution in [-0.4, -0.2) is 0 Å². The monoisotopic (exact) mass is 297 g/mol. The van der Waals surface area contributed by atoms with E-state index < -0.39 is 0 Å². The van der Waals surface area contributed by atoms with E-state index in [-0.39, 0.29) is 0 Å². The summed E-state index contributed by atoms with van der Waals surface area (Å²) in [5.74, 6) is 2.83. The Morgan fingerprint density at radius 2 is 1.36 bits per heavy atom. The Kier molecular flexibility index (Phi) is 5.48. The maximum absolute atomic E-state index is 6.29. The first-order valence-corrected chi connectivity index (χ1v) is 8.23. The lowest BCUT2D eigenvalue weighted by molar-refractivity contribution is 0.458.